The zero-order valence-corrected chi connectivity index (χ0v) is 11.3. The number of anilines is 2. The van der Waals surface area contributed by atoms with Gasteiger partial charge in [-0.3, -0.25) is 4.57 Å². The van der Waals surface area contributed by atoms with Crippen molar-refractivity contribution in [2.75, 3.05) is 24.7 Å². The van der Waals surface area contributed by atoms with Gasteiger partial charge >= 0.3 is 5.69 Å². The highest BCUT2D eigenvalue weighted by Crippen LogP contribution is 2.29. The smallest absolute Gasteiger partial charge is 0.351 e. The van der Waals surface area contributed by atoms with Crippen LogP contribution in [0.5, 0.6) is 0 Å². The molecular weight excluding hydrogens is 280 g/mol. The van der Waals surface area contributed by atoms with Crippen molar-refractivity contribution in [3.63, 3.8) is 0 Å². The highest BCUT2D eigenvalue weighted by Gasteiger charge is 2.44. The van der Waals surface area contributed by atoms with E-state index in [0.717, 1.165) is 4.57 Å². The molecule has 0 amide bonds. The van der Waals surface area contributed by atoms with Crippen molar-refractivity contribution < 1.29 is 19.7 Å². The largest absolute Gasteiger partial charge is 0.395 e. The summed E-state index contributed by atoms with van der Waals surface area (Å²) in [6.07, 6.45) is -1.64. The fraction of sp³-hybridized carbons (Fsp3) is 0.500. The Morgan fingerprint density at radius 3 is 2.86 bits per heavy atom. The molecule has 2 heterocycles. The second kappa shape index (κ2) is 6.22. The van der Waals surface area contributed by atoms with Crippen molar-refractivity contribution in [1.29, 1.82) is 0 Å². The van der Waals surface area contributed by atoms with Crippen LogP contribution in [0, 0.1) is 0 Å². The van der Waals surface area contributed by atoms with Gasteiger partial charge < -0.3 is 31.2 Å². The number of hydrogen-bond donors (Lipinski definition) is 4. The molecule has 6 N–H and O–H groups in total. The summed E-state index contributed by atoms with van der Waals surface area (Å²) in [4.78, 5) is 15.3. The van der Waals surface area contributed by atoms with Gasteiger partial charge in [0.05, 0.1) is 18.9 Å². The summed E-state index contributed by atoms with van der Waals surface area (Å²) in [7, 11) is 0. The molecule has 1 aliphatic heterocycles. The number of nitrogens with two attached hydrogens (primary N) is 2. The van der Waals surface area contributed by atoms with E-state index in [1.54, 1.807) is 6.08 Å². The Labute approximate surface area is 120 Å². The lowest BCUT2D eigenvalue weighted by molar-refractivity contribution is -0.0650. The lowest BCUT2D eigenvalue weighted by Crippen LogP contribution is -2.36. The minimum absolute atomic E-state index is 0.0490. The van der Waals surface area contributed by atoms with Gasteiger partial charge in [0.25, 0.3) is 0 Å². The van der Waals surface area contributed by atoms with E-state index in [-0.39, 0.29) is 24.7 Å². The van der Waals surface area contributed by atoms with Crippen LogP contribution in [0.4, 0.5) is 11.5 Å². The van der Waals surface area contributed by atoms with Crippen LogP contribution in [0.3, 0.4) is 0 Å². The molecule has 0 saturated carbocycles. The number of hydrogen-bond acceptors (Lipinski definition) is 8. The summed E-state index contributed by atoms with van der Waals surface area (Å²) in [5.74, 6) is -0.102. The maximum Gasteiger partial charge on any atom is 0.351 e. The number of aliphatic hydroxyl groups excluding tert-OH is 2. The molecule has 1 aromatic heterocycles. The van der Waals surface area contributed by atoms with Crippen LogP contribution in [0.1, 0.15) is 6.23 Å². The van der Waals surface area contributed by atoms with E-state index >= 15 is 0 Å². The Bertz CT molecular complexity index is 575. The van der Waals surface area contributed by atoms with E-state index < -0.39 is 30.2 Å². The normalized spacial score (nSPS) is 28.7. The van der Waals surface area contributed by atoms with Crippen molar-refractivity contribution >= 4 is 11.5 Å². The summed E-state index contributed by atoms with van der Waals surface area (Å²) in [5.41, 5.74) is 10.4. The number of aliphatic hydroxyl groups is 2. The standard InChI is InChI=1S/C12H18N4O5/c1-2-3-20-5-7-8(17)9(18)11(21-7)16-4-6(13)10(14)15-12(16)19/h2,4,7-9,11,17-18H,1,3,5,13H2,(H2,14,15,19)/t7-,8-,9-,11-/m1/s1. The van der Waals surface area contributed by atoms with E-state index in [1.165, 1.54) is 6.20 Å². The Morgan fingerprint density at radius 2 is 2.19 bits per heavy atom. The predicted octanol–water partition coefficient (Wildman–Crippen LogP) is -1.77. The summed E-state index contributed by atoms with van der Waals surface area (Å²) in [6.45, 7) is 3.82. The second-order valence-electron chi connectivity index (χ2n) is 4.64. The average molecular weight is 298 g/mol. The Hall–Kier alpha value is -1.94. The van der Waals surface area contributed by atoms with Gasteiger partial charge in [-0.15, -0.1) is 6.58 Å². The molecule has 2 rings (SSSR count). The van der Waals surface area contributed by atoms with Crippen molar-refractivity contribution in [2.24, 2.45) is 0 Å². The van der Waals surface area contributed by atoms with Gasteiger partial charge in [-0.2, -0.15) is 4.98 Å². The van der Waals surface area contributed by atoms with Crippen molar-refractivity contribution in [2.45, 2.75) is 24.5 Å². The fourth-order valence-electron chi connectivity index (χ4n) is 2.04. The van der Waals surface area contributed by atoms with Crippen LogP contribution < -0.4 is 17.2 Å². The monoisotopic (exact) mass is 298 g/mol. The molecule has 0 aromatic carbocycles. The summed E-state index contributed by atoms with van der Waals surface area (Å²) in [5, 5.41) is 19.9. The second-order valence-corrected chi connectivity index (χ2v) is 4.64. The molecular formula is C12H18N4O5. The van der Waals surface area contributed by atoms with E-state index in [4.69, 9.17) is 20.9 Å². The molecule has 9 heteroatoms. The van der Waals surface area contributed by atoms with Crippen LogP contribution in [-0.2, 0) is 9.47 Å². The third-order valence-corrected chi connectivity index (χ3v) is 3.14. The molecule has 4 atom stereocenters. The molecule has 1 fully saturated rings. The molecule has 0 spiro atoms. The van der Waals surface area contributed by atoms with Crippen LogP contribution in [0.2, 0.25) is 0 Å². The van der Waals surface area contributed by atoms with Gasteiger partial charge in [-0.05, 0) is 0 Å². The minimum Gasteiger partial charge on any atom is -0.395 e. The molecule has 1 aromatic rings. The van der Waals surface area contributed by atoms with Gasteiger partial charge in [-0.1, -0.05) is 6.08 Å². The molecule has 0 unspecified atom stereocenters. The average Bonchev–Trinajstić information content (AvgIpc) is 2.72. The van der Waals surface area contributed by atoms with Gasteiger partial charge in [0.1, 0.15) is 18.3 Å². The molecule has 1 saturated heterocycles. The van der Waals surface area contributed by atoms with Crippen LogP contribution >= 0.6 is 0 Å². The summed E-state index contributed by atoms with van der Waals surface area (Å²) < 4.78 is 11.6. The lowest BCUT2D eigenvalue weighted by Gasteiger charge is -2.17. The molecule has 0 bridgehead atoms. The third-order valence-electron chi connectivity index (χ3n) is 3.14. The van der Waals surface area contributed by atoms with Gasteiger partial charge in [0.15, 0.2) is 12.0 Å². The minimum atomic E-state index is -1.31. The zero-order valence-electron chi connectivity index (χ0n) is 11.3. The van der Waals surface area contributed by atoms with Crippen molar-refractivity contribution in [3.8, 4) is 0 Å². The first kappa shape index (κ1) is 15.4. The fourth-order valence-corrected chi connectivity index (χ4v) is 2.04. The quantitative estimate of drug-likeness (QED) is 0.369. The first-order valence-electron chi connectivity index (χ1n) is 6.30. The van der Waals surface area contributed by atoms with Crippen molar-refractivity contribution in [1.82, 2.24) is 9.55 Å². The SMILES string of the molecule is C=CCOC[C@H]1O[C@@H](n2cc(N)c(N)nc2=O)[C@H](O)[C@@H]1O. The molecule has 9 nitrogen and oxygen atoms in total. The first-order valence-corrected chi connectivity index (χ1v) is 6.30. The van der Waals surface area contributed by atoms with E-state index in [1.807, 2.05) is 0 Å². The van der Waals surface area contributed by atoms with Crippen LogP contribution in [0.25, 0.3) is 0 Å². The van der Waals surface area contributed by atoms with Crippen LogP contribution in [-0.4, -0.2) is 51.3 Å². The number of nitrogen functional groups attached to an aromatic ring is 2. The maximum atomic E-state index is 11.8. The first-order chi connectivity index (χ1) is 9.95. The molecule has 1 aliphatic rings. The topological polar surface area (TPSA) is 146 Å². The van der Waals surface area contributed by atoms with Crippen molar-refractivity contribution in [3.05, 3.63) is 29.3 Å². The molecule has 0 radical (unpaired) electrons. The Balaban J connectivity index is 2.19. The summed E-state index contributed by atoms with van der Waals surface area (Å²) >= 11 is 0. The summed E-state index contributed by atoms with van der Waals surface area (Å²) in [6, 6.07) is 0. The van der Waals surface area contributed by atoms with Gasteiger partial charge in [-0.25, -0.2) is 4.79 Å². The molecule has 21 heavy (non-hydrogen) atoms. The number of ether oxygens (including phenoxy) is 2. The predicted molar refractivity (Wildman–Crippen MR) is 74.3 cm³/mol. The Kier molecular flexibility index (Phi) is 4.58. The highest BCUT2D eigenvalue weighted by molar-refractivity contribution is 5.55. The molecule has 0 aliphatic carbocycles. The molecule has 116 valence electrons. The van der Waals surface area contributed by atoms with E-state index in [0.29, 0.717) is 0 Å². The number of rotatable bonds is 5. The van der Waals surface area contributed by atoms with E-state index in [2.05, 4.69) is 11.6 Å². The number of aromatic nitrogens is 2. The number of nitrogens with zero attached hydrogens (tertiary/aromatic N) is 2. The highest BCUT2D eigenvalue weighted by atomic mass is 16.6. The van der Waals surface area contributed by atoms with E-state index in [9.17, 15) is 15.0 Å². The van der Waals surface area contributed by atoms with Crippen LogP contribution in [0.15, 0.2) is 23.6 Å². The van der Waals surface area contributed by atoms with Gasteiger partial charge in [0.2, 0.25) is 0 Å². The van der Waals surface area contributed by atoms with Gasteiger partial charge in [0, 0.05) is 6.20 Å². The maximum absolute atomic E-state index is 11.8. The zero-order chi connectivity index (χ0) is 15.6. The Morgan fingerprint density at radius 1 is 1.48 bits per heavy atom. The lowest BCUT2D eigenvalue weighted by atomic mass is 10.1. The third kappa shape index (κ3) is 3.05.